The van der Waals surface area contributed by atoms with Crippen LogP contribution in [0.5, 0.6) is 11.5 Å². The minimum absolute atomic E-state index is 0.238. The molecule has 0 atom stereocenters. The first kappa shape index (κ1) is 27.1. The van der Waals surface area contributed by atoms with Crippen molar-refractivity contribution in [3.63, 3.8) is 0 Å². The highest BCUT2D eigenvalue weighted by Gasteiger charge is 2.14. The molecule has 2 aromatic carbocycles. The fourth-order valence-corrected chi connectivity index (χ4v) is 3.57. The smallest absolute Gasteiger partial charge is 0.344 e. The average molecular weight is 581 g/mol. The highest BCUT2D eigenvalue weighted by molar-refractivity contribution is 14.1. The molecule has 0 saturated carbocycles. The molecule has 0 aliphatic rings. The fourth-order valence-electron chi connectivity index (χ4n) is 2.79. The van der Waals surface area contributed by atoms with E-state index in [1.54, 1.807) is 25.1 Å². The van der Waals surface area contributed by atoms with Gasteiger partial charge >= 0.3 is 5.97 Å². The molecule has 2 N–H and O–H groups in total. The van der Waals surface area contributed by atoms with E-state index in [4.69, 9.17) is 14.2 Å². The van der Waals surface area contributed by atoms with Crippen LogP contribution in [-0.2, 0) is 19.1 Å². The largest absolute Gasteiger partial charge is 0.490 e. The fraction of sp³-hybridized carbons (Fsp3) is 0.333. The zero-order valence-corrected chi connectivity index (χ0v) is 21.7. The first-order chi connectivity index (χ1) is 16.2. The molecule has 0 heterocycles. The van der Waals surface area contributed by atoms with Crippen LogP contribution in [0.3, 0.4) is 0 Å². The lowest BCUT2D eigenvalue weighted by Gasteiger charge is -2.14. The van der Waals surface area contributed by atoms with Crippen LogP contribution in [-0.4, -0.2) is 43.8 Å². The molecular formula is C24H28IN3O6. The Morgan fingerprint density at radius 3 is 2.44 bits per heavy atom. The van der Waals surface area contributed by atoms with E-state index >= 15 is 0 Å². The maximum absolute atomic E-state index is 12.1. The maximum Gasteiger partial charge on any atom is 0.344 e. The van der Waals surface area contributed by atoms with Gasteiger partial charge in [-0.3, -0.25) is 9.59 Å². The van der Waals surface area contributed by atoms with E-state index < -0.39 is 17.8 Å². The van der Waals surface area contributed by atoms with E-state index in [0.717, 1.165) is 11.1 Å². The summed E-state index contributed by atoms with van der Waals surface area (Å²) in [6.45, 7) is 7.89. The first-order valence-electron chi connectivity index (χ1n) is 10.7. The normalized spacial score (nSPS) is 10.6. The van der Waals surface area contributed by atoms with Crippen LogP contribution < -0.4 is 20.2 Å². The van der Waals surface area contributed by atoms with Crippen LogP contribution in [0.15, 0.2) is 35.4 Å². The van der Waals surface area contributed by atoms with E-state index in [2.05, 4.69) is 38.4 Å². The summed E-state index contributed by atoms with van der Waals surface area (Å²) in [6.07, 6.45) is 1.06. The lowest BCUT2D eigenvalue weighted by molar-refractivity contribution is -0.145. The summed E-state index contributed by atoms with van der Waals surface area (Å²) in [5, 5.41) is 6.62. The van der Waals surface area contributed by atoms with E-state index in [9.17, 15) is 14.4 Å². The Morgan fingerprint density at radius 1 is 1.00 bits per heavy atom. The molecule has 0 unspecified atom stereocenters. The van der Waals surface area contributed by atoms with Gasteiger partial charge in [0, 0.05) is 5.69 Å². The molecule has 2 amide bonds. The Labute approximate surface area is 212 Å². The van der Waals surface area contributed by atoms with E-state index in [1.807, 2.05) is 32.9 Å². The predicted octanol–water partition coefficient (Wildman–Crippen LogP) is 3.73. The SMILES string of the molecule is CCOC(=O)COc1c(I)cc(C=NNC(=O)CC(=O)Nc2ccc(C)c(C)c2)cc1OCC. The lowest BCUT2D eigenvalue weighted by atomic mass is 10.1. The second kappa shape index (κ2) is 13.5. The Bertz CT molecular complexity index is 1070. The average Bonchev–Trinajstić information content (AvgIpc) is 2.76. The molecule has 182 valence electrons. The molecule has 34 heavy (non-hydrogen) atoms. The van der Waals surface area contributed by atoms with Crippen LogP contribution in [0.4, 0.5) is 5.69 Å². The lowest BCUT2D eigenvalue weighted by Crippen LogP contribution is -2.24. The van der Waals surface area contributed by atoms with Gasteiger partial charge in [0.15, 0.2) is 18.1 Å². The highest BCUT2D eigenvalue weighted by Crippen LogP contribution is 2.34. The zero-order valence-electron chi connectivity index (χ0n) is 19.6. The van der Waals surface area contributed by atoms with Gasteiger partial charge in [-0.2, -0.15) is 5.10 Å². The number of rotatable bonds is 11. The van der Waals surface area contributed by atoms with Crippen molar-refractivity contribution in [2.75, 3.05) is 25.1 Å². The number of anilines is 1. The van der Waals surface area contributed by atoms with Gasteiger partial charge < -0.3 is 19.5 Å². The minimum Gasteiger partial charge on any atom is -0.490 e. The third-order valence-electron chi connectivity index (χ3n) is 4.49. The van der Waals surface area contributed by atoms with Crippen molar-refractivity contribution in [2.45, 2.75) is 34.1 Å². The third-order valence-corrected chi connectivity index (χ3v) is 5.29. The molecule has 9 nitrogen and oxygen atoms in total. The van der Waals surface area contributed by atoms with Crippen LogP contribution >= 0.6 is 22.6 Å². The van der Waals surface area contributed by atoms with Gasteiger partial charge in [-0.05, 0) is 91.2 Å². The van der Waals surface area contributed by atoms with Gasteiger partial charge in [-0.1, -0.05) is 6.07 Å². The first-order valence-corrected chi connectivity index (χ1v) is 11.7. The zero-order chi connectivity index (χ0) is 25.1. The third kappa shape index (κ3) is 8.65. The Morgan fingerprint density at radius 2 is 1.76 bits per heavy atom. The number of halogens is 1. The number of hydrogen-bond acceptors (Lipinski definition) is 7. The molecule has 0 radical (unpaired) electrons. The summed E-state index contributed by atoms with van der Waals surface area (Å²) in [6, 6.07) is 8.97. The number of carbonyl (C=O) groups is 3. The number of aryl methyl sites for hydroxylation is 2. The monoisotopic (exact) mass is 581 g/mol. The van der Waals surface area contributed by atoms with Crippen molar-refractivity contribution < 1.29 is 28.6 Å². The number of nitrogens with one attached hydrogen (secondary N) is 2. The van der Waals surface area contributed by atoms with Crippen LogP contribution in [0, 0.1) is 17.4 Å². The molecule has 0 saturated heterocycles. The van der Waals surface area contributed by atoms with Gasteiger partial charge in [0.1, 0.15) is 6.42 Å². The standard InChI is InChI=1S/C24H28IN3O6/c1-5-32-20-11-17(10-19(25)24(20)34-14-23(31)33-6-2)13-26-28-22(30)12-21(29)27-18-8-7-15(3)16(4)9-18/h7-11,13H,5-6,12,14H2,1-4H3,(H,27,29)(H,28,30). The number of benzene rings is 2. The molecule has 0 spiro atoms. The number of hydrogen-bond donors (Lipinski definition) is 2. The number of hydrazone groups is 1. The summed E-state index contributed by atoms with van der Waals surface area (Å²) < 4.78 is 16.8. The number of ether oxygens (including phenoxy) is 3. The minimum atomic E-state index is -0.549. The molecular weight excluding hydrogens is 553 g/mol. The topological polar surface area (TPSA) is 115 Å². The molecule has 10 heteroatoms. The number of amides is 2. The van der Waals surface area contributed by atoms with Crippen molar-refractivity contribution >= 4 is 52.3 Å². The Kier molecular flexibility index (Phi) is 10.8. The molecule has 2 aromatic rings. The molecule has 0 bridgehead atoms. The summed E-state index contributed by atoms with van der Waals surface area (Å²) >= 11 is 2.06. The highest BCUT2D eigenvalue weighted by atomic mass is 127. The Balaban J connectivity index is 1.96. The van der Waals surface area contributed by atoms with E-state index in [-0.39, 0.29) is 19.6 Å². The molecule has 0 aliphatic heterocycles. The van der Waals surface area contributed by atoms with Gasteiger partial charge in [-0.25, -0.2) is 10.2 Å². The summed E-state index contributed by atoms with van der Waals surface area (Å²) in [7, 11) is 0. The van der Waals surface area contributed by atoms with Gasteiger partial charge in [0.25, 0.3) is 0 Å². The second-order valence-electron chi connectivity index (χ2n) is 7.17. The van der Waals surface area contributed by atoms with Crippen LogP contribution in [0.2, 0.25) is 0 Å². The summed E-state index contributed by atoms with van der Waals surface area (Å²) in [5.41, 5.74) is 5.77. The van der Waals surface area contributed by atoms with Crippen molar-refractivity contribution in [1.29, 1.82) is 0 Å². The number of esters is 1. The number of carbonyl (C=O) groups excluding carboxylic acids is 3. The van der Waals surface area contributed by atoms with Crippen LogP contribution in [0.25, 0.3) is 0 Å². The molecule has 2 rings (SSSR count). The van der Waals surface area contributed by atoms with E-state index in [0.29, 0.717) is 32.9 Å². The summed E-state index contributed by atoms with van der Waals surface area (Å²) in [4.78, 5) is 35.8. The summed E-state index contributed by atoms with van der Waals surface area (Å²) in [5.74, 6) is -0.617. The van der Waals surface area contributed by atoms with Crippen molar-refractivity contribution in [2.24, 2.45) is 5.10 Å². The quantitative estimate of drug-likeness (QED) is 0.138. The Hall–Kier alpha value is -3.15. The molecule has 0 aromatic heterocycles. The van der Waals surface area contributed by atoms with Gasteiger partial charge in [0.05, 0.1) is 23.0 Å². The maximum atomic E-state index is 12.1. The van der Waals surface area contributed by atoms with Crippen molar-refractivity contribution in [1.82, 2.24) is 5.43 Å². The van der Waals surface area contributed by atoms with Crippen molar-refractivity contribution in [3.05, 3.63) is 50.6 Å². The number of nitrogens with zero attached hydrogens (tertiary/aromatic N) is 1. The molecule has 0 aliphatic carbocycles. The van der Waals surface area contributed by atoms with Gasteiger partial charge in [0.2, 0.25) is 11.8 Å². The van der Waals surface area contributed by atoms with E-state index in [1.165, 1.54) is 6.21 Å². The van der Waals surface area contributed by atoms with Crippen LogP contribution in [0.1, 0.15) is 37.0 Å². The second-order valence-corrected chi connectivity index (χ2v) is 8.34. The van der Waals surface area contributed by atoms with Gasteiger partial charge in [-0.15, -0.1) is 0 Å². The predicted molar refractivity (Wildman–Crippen MR) is 137 cm³/mol. The van der Waals surface area contributed by atoms with Crippen molar-refractivity contribution in [3.8, 4) is 11.5 Å². The molecule has 0 fully saturated rings.